The molecule has 0 saturated heterocycles. The Bertz CT molecular complexity index is 1020. The van der Waals surface area contributed by atoms with E-state index in [0.29, 0.717) is 12.1 Å². The molecule has 2 nitrogen and oxygen atoms in total. The first kappa shape index (κ1) is 31.3. The van der Waals surface area contributed by atoms with Gasteiger partial charge in [-0.2, -0.15) is 36.4 Å². The van der Waals surface area contributed by atoms with E-state index < -0.39 is 0 Å². The first-order valence-corrected chi connectivity index (χ1v) is 14.8. The van der Waals surface area contributed by atoms with Gasteiger partial charge in [0.05, 0.1) is 0 Å². The van der Waals surface area contributed by atoms with E-state index in [2.05, 4.69) is 180 Å². The summed E-state index contributed by atoms with van der Waals surface area (Å²) in [4.78, 5) is 4.41. The standard InChI is InChI=1S/2C14H16N.2ClH.2Pd/c2*1-11(15(2)3)13-10-6-8-12-7-4-5-9-14(12)13;;;;/h2*4-9,11H,1-3H3;2*1H;;/q2*-1;;;2*+2/p-2/t2*11-;;;;/m11..../s1. The molecule has 0 N–H and O–H groups in total. The van der Waals surface area contributed by atoms with Crippen LogP contribution in [0, 0.1) is 12.1 Å². The molecule has 34 heavy (non-hydrogen) atoms. The summed E-state index contributed by atoms with van der Waals surface area (Å²) in [6.07, 6.45) is 0. The Kier molecular flexibility index (Phi) is 15.5. The van der Waals surface area contributed by atoms with Crippen LogP contribution in [-0.4, -0.2) is 38.0 Å². The van der Waals surface area contributed by atoms with Crippen molar-refractivity contribution in [1.82, 2.24) is 9.80 Å². The summed E-state index contributed by atoms with van der Waals surface area (Å²) in [5.41, 5.74) is 2.55. The molecule has 4 rings (SSSR count). The number of hydrogen-bond donors (Lipinski definition) is 0. The molecule has 4 aromatic carbocycles. The van der Waals surface area contributed by atoms with E-state index >= 15 is 0 Å². The third-order valence-electron chi connectivity index (χ3n) is 5.89. The molecule has 2 atom stereocenters. The third-order valence-corrected chi connectivity index (χ3v) is 5.89. The van der Waals surface area contributed by atoms with Gasteiger partial charge in [0.1, 0.15) is 0 Å². The normalized spacial score (nSPS) is 12.2. The van der Waals surface area contributed by atoms with E-state index in [1.54, 1.807) is 0 Å². The van der Waals surface area contributed by atoms with Gasteiger partial charge < -0.3 is 9.80 Å². The van der Waals surface area contributed by atoms with Gasteiger partial charge >= 0.3 is 55.4 Å². The van der Waals surface area contributed by atoms with Crippen molar-refractivity contribution >= 4 is 40.6 Å². The molecule has 0 radical (unpaired) electrons. The van der Waals surface area contributed by atoms with Crippen LogP contribution in [0.3, 0.4) is 0 Å². The average Bonchev–Trinajstić information content (AvgIpc) is 2.89. The number of rotatable bonds is 4. The van der Waals surface area contributed by atoms with Crippen molar-refractivity contribution in [2.24, 2.45) is 0 Å². The second-order valence-electron chi connectivity index (χ2n) is 8.24. The van der Waals surface area contributed by atoms with Crippen LogP contribution in [-0.2, 0) is 36.4 Å². The van der Waals surface area contributed by atoms with Gasteiger partial charge in [-0.1, -0.05) is 36.4 Å². The van der Waals surface area contributed by atoms with Gasteiger partial charge in [0.25, 0.3) is 0 Å². The molecule has 0 bridgehead atoms. The van der Waals surface area contributed by atoms with Gasteiger partial charge in [0, 0.05) is 12.1 Å². The first-order valence-electron chi connectivity index (χ1n) is 10.8. The topological polar surface area (TPSA) is 6.48 Å². The molecule has 0 amide bonds. The predicted octanol–water partition coefficient (Wildman–Crippen LogP) is 7.90. The van der Waals surface area contributed by atoms with E-state index in [0.717, 1.165) is 0 Å². The van der Waals surface area contributed by atoms with Crippen LogP contribution in [0.5, 0.6) is 0 Å². The van der Waals surface area contributed by atoms with Gasteiger partial charge in [-0.05, 0) is 42.0 Å². The molecular weight excluding hydrogens is 648 g/mol. The molecule has 4 aromatic rings. The fourth-order valence-electron chi connectivity index (χ4n) is 3.58. The van der Waals surface area contributed by atoms with E-state index in [1.807, 2.05) is 12.1 Å². The van der Waals surface area contributed by atoms with E-state index in [9.17, 15) is 0 Å². The van der Waals surface area contributed by atoms with Crippen LogP contribution in [0.1, 0.15) is 37.1 Å². The van der Waals surface area contributed by atoms with Crippen LogP contribution in [0.2, 0.25) is 0 Å². The molecule has 0 unspecified atom stereocenters. The maximum atomic E-state index is 4.49. The van der Waals surface area contributed by atoms with Crippen molar-refractivity contribution < 1.29 is 36.4 Å². The van der Waals surface area contributed by atoms with Gasteiger partial charge in [0.15, 0.2) is 0 Å². The zero-order valence-electron chi connectivity index (χ0n) is 20.4. The third kappa shape index (κ3) is 8.71. The summed E-state index contributed by atoms with van der Waals surface area (Å²) in [7, 11) is 17.4. The van der Waals surface area contributed by atoms with Crippen LogP contribution in [0.4, 0.5) is 0 Å². The molecule has 6 heteroatoms. The quantitative estimate of drug-likeness (QED) is 0.160. The van der Waals surface area contributed by atoms with Crippen molar-refractivity contribution in [1.29, 1.82) is 0 Å². The second-order valence-corrected chi connectivity index (χ2v) is 8.24. The molecular formula is C28H32Cl2N2Pd2. The fourth-order valence-corrected chi connectivity index (χ4v) is 3.58. The maximum absolute atomic E-state index is 4.49. The van der Waals surface area contributed by atoms with E-state index in [1.165, 1.54) is 32.7 Å². The number of benzene rings is 4. The molecule has 188 valence electrons. The zero-order valence-corrected chi connectivity index (χ0v) is 25.0. The molecule has 0 fully saturated rings. The van der Waals surface area contributed by atoms with Crippen LogP contribution >= 0.6 is 19.1 Å². The van der Waals surface area contributed by atoms with Crippen molar-refractivity contribution in [2.75, 3.05) is 28.2 Å². The predicted molar refractivity (Wildman–Crippen MR) is 141 cm³/mol. The van der Waals surface area contributed by atoms with Crippen molar-refractivity contribution in [2.45, 2.75) is 25.9 Å². The molecule has 0 heterocycles. The summed E-state index contributed by atoms with van der Waals surface area (Å²) in [6.45, 7) is 4.41. The number of nitrogens with zero attached hydrogens (tertiary/aromatic N) is 2. The summed E-state index contributed by atoms with van der Waals surface area (Å²) in [5, 5.41) is 5.20. The number of fused-ring (bicyclic) bond motifs is 2. The van der Waals surface area contributed by atoms with Crippen LogP contribution in [0.15, 0.2) is 72.8 Å². The Morgan fingerprint density at radius 3 is 1.24 bits per heavy atom. The Labute approximate surface area is 235 Å². The Hall–Kier alpha value is -0.775. The second kappa shape index (κ2) is 16.8. The Morgan fingerprint density at radius 1 is 0.588 bits per heavy atom. The monoisotopic (exact) mass is 678 g/mol. The molecule has 0 spiro atoms. The van der Waals surface area contributed by atoms with Crippen LogP contribution < -0.4 is 0 Å². The Balaban J connectivity index is 0.000000297. The van der Waals surface area contributed by atoms with Crippen LogP contribution in [0.25, 0.3) is 21.5 Å². The summed E-state index contributed by atoms with van der Waals surface area (Å²) < 4.78 is 0. The fraction of sp³-hybridized carbons (Fsp3) is 0.286. The van der Waals surface area contributed by atoms with Gasteiger partial charge in [0.2, 0.25) is 0 Å². The average molecular weight is 680 g/mol. The minimum absolute atomic E-state index is 0.399. The molecule has 0 aliphatic heterocycles. The van der Waals surface area contributed by atoms with Crippen molar-refractivity contribution in [3.63, 3.8) is 0 Å². The molecule has 0 saturated carbocycles. The minimum atomic E-state index is 0.399. The Morgan fingerprint density at radius 2 is 0.912 bits per heavy atom. The SMILES string of the molecule is C[C@H](c1[c-]ccc2ccccc12)N(C)C.C[C@H](c1[c-]ccc2ccccc12)N(C)C.[Cl][Pd+].[Cl][Pd+]. The summed E-state index contributed by atoms with van der Waals surface area (Å²) in [6, 6.07) is 32.7. The first-order chi connectivity index (χ1) is 16.4. The van der Waals surface area contributed by atoms with Crippen molar-refractivity contribution in [3.05, 3.63) is 96.1 Å². The summed E-state index contributed by atoms with van der Waals surface area (Å²) >= 11 is 4.44. The van der Waals surface area contributed by atoms with E-state index in [4.69, 9.17) is 0 Å². The molecule has 0 aliphatic carbocycles. The summed E-state index contributed by atoms with van der Waals surface area (Å²) in [5.74, 6) is 0. The zero-order chi connectivity index (χ0) is 25.7. The van der Waals surface area contributed by atoms with Gasteiger partial charge in [-0.3, -0.25) is 0 Å². The number of hydrogen-bond acceptors (Lipinski definition) is 2. The molecule has 0 aliphatic rings. The number of halogens is 2. The van der Waals surface area contributed by atoms with Gasteiger partial charge in [-0.25, -0.2) is 0 Å². The molecule has 0 aromatic heterocycles. The van der Waals surface area contributed by atoms with E-state index in [-0.39, 0.29) is 0 Å². The van der Waals surface area contributed by atoms with Gasteiger partial charge in [-0.15, -0.1) is 44.8 Å². The van der Waals surface area contributed by atoms with Crippen molar-refractivity contribution in [3.8, 4) is 0 Å².